The Balaban J connectivity index is 1.16. The van der Waals surface area contributed by atoms with Crippen molar-refractivity contribution in [3.63, 3.8) is 0 Å². The van der Waals surface area contributed by atoms with Crippen LogP contribution in [0.1, 0.15) is 74.0 Å². The fourth-order valence-corrected chi connectivity index (χ4v) is 7.47. The highest BCUT2D eigenvalue weighted by Gasteiger charge is 2.43. The van der Waals surface area contributed by atoms with Gasteiger partial charge in [0.15, 0.2) is 0 Å². The van der Waals surface area contributed by atoms with Gasteiger partial charge in [-0.25, -0.2) is 4.39 Å². The normalized spacial score (nSPS) is 23.3. The smallest absolute Gasteiger partial charge is 0.321 e. The molecule has 0 bridgehead atoms. The van der Waals surface area contributed by atoms with Crippen LogP contribution >= 0.6 is 0 Å². The van der Waals surface area contributed by atoms with Gasteiger partial charge < -0.3 is 15.3 Å². The summed E-state index contributed by atoms with van der Waals surface area (Å²) in [6, 6.07) is 15.7. The second kappa shape index (κ2) is 14.3. The van der Waals surface area contributed by atoms with Crippen LogP contribution in [0, 0.1) is 34.9 Å². The maximum atomic E-state index is 14.2. The number of likely N-dealkylation sites (tertiary alicyclic amines) is 2. The van der Waals surface area contributed by atoms with Gasteiger partial charge in [0.2, 0.25) is 5.91 Å². The van der Waals surface area contributed by atoms with Gasteiger partial charge in [0, 0.05) is 38.5 Å². The number of benzene rings is 2. The first-order chi connectivity index (χ1) is 20.4. The first-order valence-corrected chi connectivity index (χ1v) is 15.6. The standard InChI is InChI=1S/C34H43FN4O3/c35-30-8-4-7-28(18-30)31-23-39(33(34(41)42)27-5-2-1-3-6-27)22-29(31)21-38-15-13-24(14-16-38)17-32(40)37-20-26-11-9-25(19-36)10-12-26/h4,7-12,18,24,27,29,31,33H,1-3,5-6,13-17,20-23H2,(H,37,40)(H,41,42). The third kappa shape index (κ3) is 7.76. The number of amides is 1. The number of hydrogen-bond donors (Lipinski definition) is 2. The fraction of sp³-hybridized carbons (Fsp3) is 0.559. The number of carboxylic acids is 1. The molecule has 2 heterocycles. The summed E-state index contributed by atoms with van der Waals surface area (Å²) in [4.78, 5) is 29.8. The molecule has 5 rings (SSSR count). The number of rotatable bonds is 10. The molecule has 42 heavy (non-hydrogen) atoms. The molecule has 1 saturated carbocycles. The quantitative estimate of drug-likeness (QED) is 0.407. The average Bonchev–Trinajstić information content (AvgIpc) is 3.40. The summed E-state index contributed by atoms with van der Waals surface area (Å²) < 4.78 is 14.2. The lowest BCUT2D eigenvalue weighted by atomic mass is 9.83. The molecule has 3 fully saturated rings. The maximum absolute atomic E-state index is 14.2. The minimum Gasteiger partial charge on any atom is -0.480 e. The average molecular weight is 575 g/mol. The van der Waals surface area contributed by atoms with E-state index in [1.807, 2.05) is 18.2 Å². The number of carboxylic acid groups (broad SMARTS) is 1. The maximum Gasteiger partial charge on any atom is 0.321 e. The molecule has 2 saturated heterocycles. The minimum atomic E-state index is -0.723. The lowest BCUT2D eigenvalue weighted by Crippen LogP contribution is -2.46. The predicted molar refractivity (Wildman–Crippen MR) is 159 cm³/mol. The SMILES string of the molecule is N#Cc1ccc(CNC(=O)CC2CCN(CC3CN(C(C(=O)O)C4CCCCC4)CC3c3cccc(F)c3)CC2)cc1. The van der Waals surface area contributed by atoms with Crippen LogP contribution in [-0.4, -0.2) is 65.5 Å². The fourth-order valence-electron chi connectivity index (χ4n) is 7.47. The Morgan fingerprint density at radius 3 is 2.43 bits per heavy atom. The van der Waals surface area contributed by atoms with Crippen molar-refractivity contribution < 1.29 is 19.1 Å². The largest absolute Gasteiger partial charge is 0.480 e. The molecule has 1 aliphatic carbocycles. The Labute approximate surface area is 248 Å². The molecule has 2 aliphatic heterocycles. The molecule has 224 valence electrons. The van der Waals surface area contributed by atoms with Gasteiger partial charge in [-0.15, -0.1) is 0 Å². The molecule has 8 heteroatoms. The molecule has 3 atom stereocenters. The molecule has 0 spiro atoms. The highest BCUT2D eigenvalue weighted by molar-refractivity contribution is 5.76. The van der Waals surface area contributed by atoms with Gasteiger partial charge in [0.25, 0.3) is 0 Å². The van der Waals surface area contributed by atoms with Crippen LogP contribution in [0.5, 0.6) is 0 Å². The molecule has 0 radical (unpaired) electrons. The Morgan fingerprint density at radius 1 is 1.02 bits per heavy atom. The summed E-state index contributed by atoms with van der Waals surface area (Å²) in [6.07, 6.45) is 7.73. The van der Waals surface area contributed by atoms with Crippen molar-refractivity contribution in [2.24, 2.45) is 17.8 Å². The predicted octanol–water partition coefficient (Wildman–Crippen LogP) is 5.16. The number of nitrogens with one attached hydrogen (secondary N) is 1. The van der Waals surface area contributed by atoms with Crippen molar-refractivity contribution in [1.29, 1.82) is 5.26 Å². The van der Waals surface area contributed by atoms with Gasteiger partial charge in [-0.05, 0) is 91.9 Å². The van der Waals surface area contributed by atoms with Crippen molar-refractivity contribution in [1.82, 2.24) is 15.1 Å². The lowest BCUT2D eigenvalue weighted by molar-refractivity contribution is -0.145. The Morgan fingerprint density at radius 2 is 1.76 bits per heavy atom. The number of carbonyl (C=O) groups is 2. The number of aliphatic carboxylic acids is 1. The molecule has 0 aromatic heterocycles. The number of nitriles is 1. The Hall–Kier alpha value is -3.28. The van der Waals surface area contributed by atoms with Crippen molar-refractivity contribution >= 4 is 11.9 Å². The zero-order valence-corrected chi connectivity index (χ0v) is 24.4. The van der Waals surface area contributed by atoms with E-state index in [-0.39, 0.29) is 29.5 Å². The third-order valence-corrected chi connectivity index (χ3v) is 9.74. The first kappa shape index (κ1) is 30.2. The van der Waals surface area contributed by atoms with Gasteiger partial charge in [0.05, 0.1) is 11.6 Å². The van der Waals surface area contributed by atoms with E-state index in [9.17, 15) is 19.1 Å². The number of hydrogen-bond acceptors (Lipinski definition) is 5. The van der Waals surface area contributed by atoms with Gasteiger partial charge in [-0.1, -0.05) is 43.5 Å². The summed E-state index contributed by atoms with van der Waals surface area (Å²) >= 11 is 0. The number of carbonyl (C=O) groups excluding carboxylic acids is 1. The number of piperidine rings is 1. The molecule has 2 aromatic rings. The number of nitrogens with zero attached hydrogens (tertiary/aromatic N) is 3. The molecule has 2 aromatic carbocycles. The summed E-state index contributed by atoms with van der Waals surface area (Å²) in [5.41, 5.74) is 2.55. The summed E-state index contributed by atoms with van der Waals surface area (Å²) in [5.74, 6) is -0.0750. The molecular weight excluding hydrogens is 531 g/mol. The van der Waals surface area contributed by atoms with E-state index in [0.717, 1.165) is 69.3 Å². The second-order valence-electron chi connectivity index (χ2n) is 12.6. The Kier molecular flexibility index (Phi) is 10.2. The van der Waals surface area contributed by atoms with Crippen molar-refractivity contribution in [2.45, 2.75) is 69.9 Å². The molecule has 2 N–H and O–H groups in total. The van der Waals surface area contributed by atoms with E-state index < -0.39 is 12.0 Å². The number of halogens is 1. The summed E-state index contributed by atoms with van der Waals surface area (Å²) in [5, 5.41) is 22.2. The van der Waals surface area contributed by atoms with Crippen molar-refractivity contribution in [2.75, 3.05) is 32.7 Å². The van der Waals surface area contributed by atoms with Crippen LogP contribution in [0.4, 0.5) is 4.39 Å². The summed E-state index contributed by atoms with van der Waals surface area (Å²) in [6.45, 7) is 4.49. The van der Waals surface area contributed by atoms with E-state index in [1.165, 1.54) is 12.5 Å². The van der Waals surface area contributed by atoms with E-state index in [0.29, 0.717) is 37.5 Å². The van der Waals surface area contributed by atoms with E-state index in [1.54, 1.807) is 24.3 Å². The van der Waals surface area contributed by atoms with Gasteiger partial charge >= 0.3 is 5.97 Å². The zero-order valence-electron chi connectivity index (χ0n) is 24.4. The van der Waals surface area contributed by atoms with Gasteiger partial charge in [-0.3, -0.25) is 14.5 Å². The lowest BCUT2D eigenvalue weighted by Gasteiger charge is -2.35. The molecule has 7 nitrogen and oxygen atoms in total. The van der Waals surface area contributed by atoms with E-state index in [4.69, 9.17) is 5.26 Å². The van der Waals surface area contributed by atoms with Gasteiger partial charge in [-0.2, -0.15) is 5.26 Å². The van der Waals surface area contributed by atoms with Crippen LogP contribution in [-0.2, 0) is 16.1 Å². The van der Waals surface area contributed by atoms with Crippen LogP contribution in [0.2, 0.25) is 0 Å². The van der Waals surface area contributed by atoms with E-state index in [2.05, 4.69) is 21.2 Å². The monoisotopic (exact) mass is 574 g/mol. The second-order valence-corrected chi connectivity index (χ2v) is 12.6. The highest BCUT2D eigenvalue weighted by Crippen LogP contribution is 2.39. The molecule has 3 unspecified atom stereocenters. The van der Waals surface area contributed by atoms with E-state index >= 15 is 0 Å². The first-order valence-electron chi connectivity index (χ1n) is 15.6. The molecule has 3 aliphatic rings. The topological polar surface area (TPSA) is 96.7 Å². The molecule has 1 amide bonds. The zero-order chi connectivity index (χ0) is 29.5. The van der Waals surface area contributed by atoms with Gasteiger partial charge in [0.1, 0.15) is 11.9 Å². The highest BCUT2D eigenvalue weighted by atomic mass is 19.1. The van der Waals surface area contributed by atoms with Crippen LogP contribution in [0.3, 0.4) is 0 Å². The van der Waals surface area contributed by atoms with Crippen LogP contribution in [0.15, 0.2) is 48.5 Å². The summed E-state index contributed by atoms with van der Waals surface area (Å²) in [7, 11) is 0. The van der Waals surface area contributed by atoms with Crippen molar-refractivity contribution in [3.05, 3.63) is 71.0 Å². The van der Waals surface area contributed by atoms with Crippen molar-refractivity contribution in [3.8, 4) is 6.07 Å². The van der Waals surface area contributed by atoms with Crippen LogP contribution < -0.4 is 5.32 Å². The Bertz CT molecular complexity index is 1250. The molecular formula is C34H43FN4O3. The minimum absolute atomic E-state index is 0.0536. The van der Waals surface area contributed by atoms with Crippen LogP contribution in [0.25, 0.3) is 0 Å². The third-order valence-electron chi connectivity index (χ3n) is 9.74.